The molecule has 138 valence electrons. The number of benzene rings is 1. The van der Waals surface area contributed by atoms with Crippen molar-refractivity contribution in [3.05, 3.63) is 62.3 Å². The number of nitrogens with zero attached hydrogens (tertiary/aromatic N) is 3. The number of rotatable bonds is 6. The van der Waals surface area contributed by atoms with E-state index in [1.807, 2.05) is 30.3 Å². The van der Waals surface area contributed by atoms with Gasteiger partial charge < -0.3 is 10.4 Å². The number of hydrogen-bond acceptors (Lipinski definition) is 6. The van der Waals surface area contributed by atoms with Crippen molar-refractivity contribution in [2.75, 3.05) is 39.3 Å². The van der Waals surface area contributed by atoms with Gasteiger partial charge >= 0.3 is 5.69 Å². The van der Waals surface area contributed by atoms with Crippen molar-refractivity contribution in [3.63, 3.8) is 0 Å². The molecular weight excluding hydrogens is 334 g/mol. The summed E-state index contributed by atoms with van der Waals surface area (Å²) in [5.74, 6) is -0.367. The largest absolute Gasteiger partial charge is 0.494 e. The molecule has 1 saturated heterocycles. The normalized spacial score (nSPS) is 15.5. The van der Waals surface area contributed by atoms with Gasteiger partial charge in [-0.1, -0.05) is 30.3 Å². The monoisotopic (exact) mass is 357 g/mol. The van der Waals surface area contributed by atoms with Gasteiger partial charge in [0.05, 0.1) is 13.1 Å². The summed E-state index contributed by atoms with van der Waals surface area (Å²) < 4.78 is 1.13. The number of nitrogens with one attached hydrogen (secondary N) is 2. The fourth-order valence-electron chi connectivity index (χ4n) is 2.89. The van der Waals surface area contributed by atoms with Crippen LogP contribution >= 0.6 is 0 Å². The number of aromatic amines is 1. The Morgan fingerprint density at radius 3 is 2.62 bits per heavy atom. The van der Waals surface area contributed by atoms with Gasteiger partial charge in [0.15, 0.2) is 0 Å². The van der Waals surface area contributed by atoms with Crippen molar-refractivity contribution in [2.24, 2.45) is 4.99 Å². The molecule has 0 aliphatic carbocycles. The molecule has 1 aliphatic rings. The minimum absolute atomic E-state index is 0.000780. The molecule has 0 radical (unpaired) electrons. The fourth-order valence-corrected chi connectivity index (χ4v) is 2.89. The van der Waals surface area contributed by atoms with Crippen LogP contribution in [0.2, 0.25) is 0 Å². The number of piperazine rings is 1. The lowest BCUT2D eigenvalue weighted by molar-refractivity contribution is 0.248. The molecule has 0 atom stereocenters. The number of H-pyrrole nitrogens is 1. The van der Waals surface area contributed by atoms with Gasteiger partial charge in [0.25, 0.3) is 5.56 Å². The average Bonchev–Trinajstić information content (AvgIpc) is 2.66. The molecule has 2 heterocycles. The molecule has 0 unspecified atom stereocenters. The second kappa shape index (κ2) is 8.59. The van der Waals surface area contributed by atoms with Gasteiger partial charge in [0, 0.05) is 38.9 Å². The van der Waals surface area contributed by atoms with Gasteiger partial charge in [-0.25, -0.2) is 4.79 Å². The first kappa shape index (κ1) is 18.1. The lowest BCUT2D eigenvalue weighted by Crippen LogP contribution is -2.44. The smallest absolute Gasteiger partial charge is 0.331 e. The molecule has 0 saturated carbocycles. The van der Waals surface area contributed by atoms with Crippen molar-refractivity contribution in [2.45, 2.75) is 6.54 Å². The topological polar surface area (TPSA) is 103 Å². The van der Waals surface area contributed by atoms with Crippen molar-refractivity contribution in [1.82, 2.24) is 19.8 Å². The Bertz CT molecular complexity index is 867. The van der Waals surface area contributed by atoms with E-state index in [1.54, 1.807) is 0 Å². The van der Waals surface area contributed by atoms with Crippen molar-refractivity contribution < 1.29 is 5.11 Å². The maximum Gasteiger partial charge on any atom is 0.331 e. The zero-order valence-corrected chi connectivity index (χ0v) is 14.5. The highest BCUT2D eigenvalue weighted by Crippen LogP contribution is 2.10. The minimum atomic E-state index is -0.644. The van der Waals surface area contributed by atoms with E-state index in [4.69, 9.17) is 0 Å². The van der Waals surface area contributed by atoms with Crippen LogP contribution in [-0.4, -0.2) is 65.0 Å². The standard InChI is InChI=1S/C18H23N5O3/c24-16-15(12-20-8-11-22-9-6-19-7-10-22)17(25)23(18(26)21-16)13-14-4-2-1-3-5-14/h1-5,12,19,25H,6-11,13H2,(H,21,24,26). The molecule has 0 amide bonds. The molecule has 1 aromatic heterocycles. The second-order valence-corrected chi connectivity index (χ2v) is 6.20. The third-order valence-electron chi connectivity index (χ3n) is 4.37. The van der Waals surface area contributed by atoms with Crippen molar-refractivity contribution in [1.29, 1.82) is 0 Å². The van der Waals surface area contributed by atoms with E-state index >= 15 is 0 Å². The van der Waals surface area contributed by atoms with Gasteiger partial charge in [-0.05, 0) is 5.56 Å². The van der Waals surface area contributed by atoms with Crippen LogP contribution in [0.1, 0.15) is 11.1 Å². The number of aliphatic imine (C=N–C) groups is 1. The lowest BCUT2D eigenvalue weighted by atomic mass is 10.2. The summed E-state index contributed by atoms with van der Waals surface area (Å²) in [6.07, 6.45) is 1.34. The summed E-state index contributed by atoms with van der Waals surface area (Å²) in [5, 5.41) is 13.7. The molecule has 3 N–H and O–H groups in total. The van der Waals surface area contributed by atoms with Gasteiger partial charge in [-0.15, -0.1) is 0 Å². The van der Waals surface area contributed by atoms with Gasteiger partial charge in [-0.3, -0.25) is 24.2 Å². The maximum atomic E-state index is 12.0. The van der Waals surface area contributed by atoms with E-state index in [2.05, 4.69) is 20.2 Å². The van der Waals surface area contributed by atoms with Crippen LogP contribution in [0.4, 0.5) is 0 Å². The minimum Gasteiger partial charge on any atom is -0.494 e. The Labute approximate surface area is 150 Å². The van der Waals surface area contributed by atoms with Crippen LogP contribution < -0.4 is 16.6 Å². The summed E-state index contributed by atoms with van der Waals surface area (Å²) in [6.45, 7) is 5.37. The van der Waals surface area contributed by atoms with Crippen LogP contribution in [0.15, 0.2) is 44.9 Å². The third-order valence-corrected chi connectivity index (χ3v) is 4.37. The molecule has 0 bridgehead atoms. The molecule has 3 rings (SSSR count). The average molecular weight is 357 g/mol. The summed E-state index contributed by atoms with van der Waals surface area (Å²) in [4.78, 5) is 32.8. The maximum absolute atomic E-state index is 12.0. The van der Waals surface area contributed by atoms with Crippen LogP contribution in [0.3, 0.4) is 0 Å². The van der Waals surface area contributed by atoms with Crippen LogP contribution in [0.25, 0.3) is 0 Å². The van der Waals surface area contributed by atoms with E-state index in [9.17, 15) is 14.7 Å². The Kier molecular flexibility index (Phi) is 5.98. The Morgan fingerprint density at radius 1 is 1.15 bits per heavy atom. The van der Waals surface area contributed by atoms with Gasteiger partial charge in [0.2, 0.25) is 5.88 Å². The Balaban J connectivity index is 1.74. The van der Waals surface area contributed by atoms with E-state index in [0.29, 0.717) is 6.54 Å². The highest BCUT2D eigenvalue weighted by atomic mass is 16.3. The number of hydrogen-bond donors (Lipinski definition) is 3. The van der Waals surface area contributed by atoms with Crippen molar-refractivity contribution >= 4 is 6.21 Å². The number of aromatic hydroxyl groups is 1. The zero-order valence-electron chi connectivity index (χ0n) is 14.5. The number of aromatic nitrogens is 2. The van der Waals surface area contributed by atoms with E-state index < -0.39 is 11.2 Å². The van der Waals surface area contributed by atoms with E-state index in [1.165, 1.54) is 6.21 Å². The van der Waals surface area contributed by atoms with Crippen LogP contribution in [-0.2, 0) is 6.54 Å². The first-order valence-corrected chi connectivity index (χ1v) is 8.68. The molecule has 0 spiro atoms. The summed E-state index contributed by atoms with van der Waals surface area (Å²) >= 11 is 0. The zero-order chi connectivity index (χ0) is 18.4. The first-order chi connectivity index (χ1) is 12.6. The SMILES string of the molecule is O=c1[nH]c(=O)n(Cc2ccccc2)c(O)c1C=NCCN1CCNCC1. The van der Waals surface area contributed by atoms with Gasteiger partial charge in [-0.2, -0.15) is 0 Å². The summed E-state index contributed by atoms with van der Waals surface area (Å²) in [7, 11) is 0. The Morgan fingerprint density at radius 2 is 1.88 bits per heavy atom. The molecule has 8 nitrogen and oxygen atoms in total. The molecule has 2 aromatic rings. The highest BCUT2D eigenvalue weighted by Gasteiger charge is 2.13. The van der Waals surface area contributed by atoms with Crippen LogP contribution in [0.5, 0.6) is 5.88 Å². The third kappa shape index (κ3) is 4.47. The molecular formula is C18H23N5O3. The van der Waals surface area contributed by atoms with Crippen LogP contribution in [0, 0.1) is 0 Å². The fraction of sp³-hybridized carbons (Fsp3) is 0.389. The molecule has 1 aromatic carbocycles. The molecule has 8 heteroatoms. The Hall–Kier alpha value is -2.71. The highest BCUT2D eigenvalue weighted by molar-refractivity contribution is 5.81. The first-order valence-electron chi connectivity index (χ1n) is 8.68. The van der Waals surface area contributed by atoms with Gasteiger partial charge in [0.1, 0.15) is 5.56 Å². The molecule has 26 heavy (non-hydrogen) atoms. The molecule has 1 aliphatic heterocycles. The quantitative estimate of drug-likeness (QED) is 0.612. The predicted octanol–water partition coefficient (Wildman–Crippen LogP) is -0.385. The lowest BCUT2D eigenvalue weighted by Gasteiger charge is -2.26. The summed E-state index contributed by atoms with van der Waals surface area (Å²) in [6, 6.07) is 9.26. The molecule has 1 fully saturated rings. The summed E-state index contributed by atoms with van der Waals surface area (Å²) in [5.41, 5.74) is -0.434. The van der Waals surface area contributed by atoms with E-state index in [-0.39, 0.29) is 18.0 Å². The predicted molar refractivity (Wildman–Crippen MR) is 100 cm³/mol. The second-order valence-electron chi connectivity index (χ2n) is 6.20. The van der Waals surface area contributed by atoms with E-state index in [0.717, 1.165) is 42.9 Å². The van der Waals surface area contributed by atoms with Crippen molar-refractivity contribution in [3.8, 4) is 5.88 Å².